The predicted molar refractivity (Wildman–Crippen MR) is 73.8 cm³/mol. The van der Waals surface area contributed by atoms with Crippen molar-refractivity contribution in [2.24, 2.45) is 0 Å². The van der Waals surface area contributed by atoms with Gasteiger partial charge < -0.3 is 9.15 Å². The molecule has 22 heavy (non-hydrogen) atoms. The number of aromatic nitrogens is 3. The molecular weight excluding hydrogens is 289 g/mol. The fourth-order valence-electron chi connectivity index (χ4n) is 1.79. The summed E-state index contributed by atoms with van der Waals surface area (Å²) in [4.78, 5) is 22.7. The number of benzene rings is 1. The molecule has 7 heteroatoms. The molecule has 0 saturated heterocycles. The Morgan fingerprint density at radius 2 is 1.91 bits per heavy atom. The van der Waals surface area contributed by atoms with Gasteiger partial charge in [-0.1, -0.05) is 0 Å². The monoisotopic (exact) mass is 299 g/mol. The van der Waals surface area contributed by atoms with Crippen molar-refractivity contribution >= 4 is 6.47 Å². The fraction of sp³-hybridized carbons (Fsp3) is 0.0667. The van der Waals surface area contributed by atoms with E-state index in [9.17, 15) is 9.18 Å². The smallest absolute Gasteiger partial charge is 0.293 e. The van der Waals surface area contributed by atoms with Crippen LogP contribution in [0.1, 0.15) is 5.56 Å². The summed E-state index contributed by atoms with van der Waals surface area (Å²) in [6.45, 7) is 0.476. The van der Waals surface area contributed by atoms with Crippen molar-refractivity contribution in [2.45, 2.75) is 6.61 Å². The Morgan fingerprint density at radius 3 is 2.59 bits per heavy atom. The van der Waals surface area contributed by atoms with Gasteiger partial charge in [-0.15, -0.1) is 0 Å². The number of halogens is 1. The second kappa shape index (κ2) is 6.13. The molecule has 2 aromatic heterocycles. The van der Waals surface area contributed by atoms with Crippen LogP contribution in [0.5, 0.6) is 0 Å². The first-order valence-electron chi connectivity index (χ1n) is 6.34. The second-order valence-corrected chi connectivity index (χ2v) is 4.37. The van der Waals surface area contributed by atoms with Gasteiger partial charge in [0, 0.05) is 23.5 Å². The van der Waals surface area contributed by atoms with E-state index in [1.165, 1.54) is 30.8 Å². The van der Waals surface area contributed by atoms with Crippen LogP contribution in [0.4, 0.5) is 4.39 Å². The summed E-state index contributed by atoms with van der Waals surface area (Å²) >= 11 is 0. The predicted octanol–water partition coefficient (Wildman–Crippen LogP) is 2.61. The summed E-state index contributed by atoms with van der Waals surface area (Å²) in [6, 6.07) is 5.81. The van der Waals surface area contributed by atoms with Crippen LogP contribution in [-0.2, 0) is 16.1 Å². The minimum absolute atomic E-state index is 0.115. The van der Waals surface area contributed by atoms with E-state index < -0.39 is 0 Å². The zero-order valence-electron chi connectivity index (χ0n) is 11.3. The summed E-state index contributed by atoms with van der Waals surface area (Å²) in [5, 5.41) is 0. The van der Waals surface area contributed by atoms with Crippen LogP contribution in [0.3, 0.4) is 0 Å². The quantitative estimate of drug-likeness (QED) is 0.674. The van der Waals surface area contributed by atoms with Crippen molar-refractivity contribution in [1.29, 1.82) is 0 Å². The van der Waals surface area contributed by atoms with Crippen LogP contribution in [0.15, 0.2) is 47.3 Å². The number of hydrogen-bond donors (Lipinski definition) is 0. The highest BCUT2D eigenvalue weighted by Crippen LogP contribution is 2.22. The Bertz CT molecular complexity index is 769. The van der Waals surface area contributed by atoms with Crippen LogP contribution >= 0.6 is 0 Å². The van der Waals surface area contributed by atoms with Crippen molar-refractivity contribution in [3.8, 4) is 23.0 Å². The molecule has 0 aliphatic rings. The number of carbonyl (C=O) groups excluding carboxylic acids is 1. The minimum Gasteiger partial charge on any atom is -0.463 e. The number of carbonyl (C=O) groups is 1. The molecule has 0 atom stereocenters. The van der Waals surface area contributed by atoms with Gasteiger partial charge in [0.1, 0.15) is 24.4 Å². The number of rotatable bonds is 5. The van der Waals surface area contributed by atoms with Gasteiger partial charge in [-0.25, -0.2) is 19.3 Å². The highest BCUT2D eigenvalue weighted by atomic mass is 19.1. The van der Waals surface area contributed by atoms with E-state index in [0.717, 1.165) is 0 Å². The van der Waals surface area contributed by atoms with Crippen molar-refractivity contribution in [2.75, 3.05) is 0 Å². The lowest BCUT2D eigenvalue weighted by Gasteiger charge is -1.99. The number of oxazole rings is 1. The number of ether oxygens (including phenoxy) is 1. The molecule has 0 fully saturated rings. The zero-order chi connectivity index (χ0) is 15.4. The van der Waals surface area contributed by atoms with Gasteiger partial charge in [0.15, 0.2) is 5.82 Å². The maximum atomic E-state index is 12.9. The molecule has 0 unspecified atom stereocenters. The summed E-state index contributed by atoms with van der Waals surface area (Å²) < 4.78 is 22.9. The van der Waals surface area contributed by atoms with E-state index in [0.29, 0.717) is 35.0 Å². The van der Waals surface area contributed by atoms with Crippen molar-refractivity contribution < 1.29 is 18.3 Å². The normalized spacial score (nSPS) is 10.4. The van der Waals surface area contributed by atoms with E-state index in [-0.39, 0.29) is 12.4 Å². The van der Waals surface area contributed by atoms with Crippen LogP contribution in [0, 0.1) is 5.82 Å². The third kappa shape index (κ3) is 2.98. The Labute approximate surface area is 124 Å². The summed E-state index contributed by atoms with van der Waals surface area (Å²) in [6.07, 6.45) is 4.51. The number of hydrogen-bond acceptors (Lipinski definition) is 6. The first kappa shape index (κ1) is 13.9. The molecule has 0 spiro atoms. The second-order valence-electron chi connectivity index (χ2n) is 4.37. The Kier molecular flexibility index (Phi) is 3.86. The van der Waals surface area contributed by atoms with Crippen LogP contribution < -0.4 is 0 Å². The van der Waals surface area contributed by atoms with Crippen LogP contribution in [-0.4, -0.2) is 21.4 Å². The molecular formula is C15H10FN3O3. The van der Waals surface area contributed by atoms with E-state index >= 15 is 0 Å². The Hall–Kier alpha value is -3.09. The lowest BCUT2D eigenvalue weighted by Crippen LogP contribution is -1.95. The van der Waals surface area contributed by atoms with Gasteiger partial charge in [-0.05, 0) is 24.3 Å². The van der Waals surface area contributed by atoms with Gasteiger partial charge in [0.05, 0.1) is 0 Å². The molecule has 3 rings (SSSR count). The molecule has 0 aliphatic carbocycles. The third-order valence-electron chi connectivity index (χ3n) is 2.85. The summed E-state index contributed by atoms with van der Waals surface area (Å²) in [5.41, 5.74) is 1.78. The van der Waals surface area contributed by atoms with E-state index in [4.69, 9.17) is 4.42 Å². The molecule has 1 aromatic carbocycles. The van der Waals surface area contributed by atoms with Gasteiger partial charge in [0.25, 0.3) is 6.47 Å². The fourth-order valence-corrected chi connectivity index (χ4v) is 1.79. The molecule has 0 saturated carbocycles. The first-order chi connectivity index (χ1) is 10.8. The standard InChI is InChI=1S/C15H10FN3O3/c16-12-3-1-11(2-4-12)15-19-13(8-22-15)14-17-5-10(6-18-14)7-21-9-20/h1-6,8-9H,7H2. The first-order valence-corrected chi connectivity index (χ1v) is 6.34. The molecule has 0 bridgehead atoms. The third-order valence-corrected chi connectivity index (χ3v) is 2.85. The average Bonchev–Trinajstić information content (AvgIpc) is 3.04. The van der Waals surface area contributed by atoms with Crippen molar-refractivity contribution in [3.05, 3.63) is 54.3 Å². The topological polar surface area (TPSA) is 78.1 Å². The van der Waals surface area contributed by atoms with E-state index in [1.807, 2.05) is 0 Å². The average molecular weight is 299 g/mol. The molecule has 0 radical (unpaired) electrons. The molecule has 2 heterocycles. The Balaban J connectivity index is 1.81. The van der Waals surface area contributed by atoms with E-state index in [2.05, 4.69) is 19.7 Å². The molecule has 0 amide bonds. The van der Waals surface area contributed by atoms with E-state index in [1.54, 1.807) is 12.1 Å². The SMILES string of the molecule is O=COCc1cnc(-c2coc(-c3ccc(F)cc3)n2)nc1. The summed E-state index contributed by atoms with van der Waals surface area (Å²) in [5.74, 6) is 0.408. The highest BCUT2D eigenvalue weighted by Gasteiger charge is 2.10. The van der Waals surface area contributed by atoms with Gasteiger partial charge in [-0.3, -0.25) is 4.79 Å². The summed E-state index contributed by atoms with van der Waals surface area (Å²) in [7, 11) is 0. The maximum Gasteiger partial charge on any atom is 0.293 e. The Morgan fingerprint density at radius 1 is 1.18 bits per heavy atom. The molecule has 0 N–H and O–H groups in total. The van der Waals surface area contributed by atoms with Gasteiger partial charge in [0.2, 0.25) is 5.89 Å². The van der Waals surface area contributed by atoms with Crippen molar-refractivity contribution in [1.82, 2.24) is 15.0 Å². The zero-order valence-corrected chi connectivity index (χ0v) is 11.3. The van der Waals surface area contributed by atoms with Gasteiger partial charge in [-0.2, -0.15) is 0 Å². The highest BCUT2D eigenvalue weighted by molar-refractivity contribution is 5.57. The van der Waals surface area contributed by atoms with Crippen LogP contribution in [0.2, 0.25) is 0 Å². The lowest BCUT2D eigenvalue weighted by molar-refractivity contribution is -0.129. The molecule has 6 nitrogen and oxygen atoms in total. The van der Waals surface area contributed by atoms with Gasteiger partial charge >= 0.3 is 0 Å². The largest absolute Gasteiger partial charge is 0.463 e. The molecule has 3 aromatic rings. The van der Waals surface area contributed by atoms with Crippen LogP contribution in [0.25, 0.3) is 23.0 Å². The lowest BCUT2D eigenvalue weighted by atomic mass is 10.2. The molecule has 110 valence electrons. The minimum atomic E-state index is -0.327. The molecule has 0 aliphatic heterocycles. The van der Waals surface area contributed by atoms with Crippen molar-refractivity contribution in [3.63, 3.8) is 0 Å². The maximum absolute atomic E-state index is 12.9. The number of nitrogens with zero attached hydrogens (tertiary/aromatic N) is 3.